The Bertz CT molecular complexity index is 992. The highest BCUT2D eigenvalue weighted by molar-refractivity contribution is 6.02. The van der Waals surface area contributed by atoms with Crippen molar-refractivity contribution in [3.8, 4) is 5.75 Å². The SMILES string of the molecule is CCCCNC(=O)Nc1ccc(N2CCN(c3ccccc3OC)CC2)c(C(=O)NCCCOC)c1. The van der Waals surface area contributed by atoms with E-state index in [-0.39, 0.29) is 11.9 Å². The lowest BCUT2D eigenvalue weighted by atomic mass is 10.1. The maximum absolute atomic E-state index is 13.2. The van der Waals surface area contributed by atoms with Crippen LogP contribution in [-0.2, 0) is 4.74 Å². The fourth-order valence-corrected chi connectivity index (χ4v) is 4.22. The van der Waals surface area contributed by atoms with E-state index in [1.54, 1.807) is 20.3 Å². The van der Waals surface area contributed by atoms with Gasteiger partial charge in [0.25, 0.3) is 5.91 Å². The molecule has 3 rings (SSSR count). The number of nitrogens with zero attached hydrogens (tertiary/aromatic N) is 2. The summed E-state index contributed by atoms with van der Waals surface area (Å²) in [5.74, 6) is 0.693. The van der Waals surface area contributed by atoms with Gasteiger partial charge in [0.2, 0.25) is 0 Å². The first kappa shape index (κ1) is 27.1. The maximum Gasteiger partial charge on any atom is 0.319 e. The van der Waals surface area contributed by atoms with E-state index in [9.17, 15) is 9.59 Å². The first-order valence-corrected chi connectivity index (χ1v) is 12.7. The highest BCUT2D eigenvalue weighted by Gasteiger charge is 2.23. The van der Waals surface area contributed by atoms with Crippen molar-refractivity contribution < 1.29 is 19.1 Å². The molecule has 9 heteroatoms. The van der Waals surface area contributed by atoms with Crippen LogP contribution < -0.4 is 30.5 Å². The average Bonchev–Trinajstić information content (AvgIpc) is 2.91. The van der Waals surface area contributed by atoms with Crippen LogP contribution >= 0.6 is 0 Å². The van der Waals surface area contributed by atoms with E-state index in [4.69, 9.17) is 9.47 Å². The molecule has 1 heterocycles. The van der Waals surface area contributed by atoms with Crippen LogP contribution in [0.5, 0.6) is 5.75 Å². The summed E-state index contributed by atoms with van der Waals surface area (Å²) in [6, 6.07) is 13.3. The summed E-state index contributed by atoms with van der Waals surface area (Å²) in [5.41, 5.74) is 3.06. The Morgan fingerprint density at radius 1 is 0.889 bits per heavy atom. The Morgan fingerprint density at radius 3 is 2.28 bits per heavy atom. The number of hydrogen-bond acceptors (Lipinski definition) is 6. The van der Waals surface area contributed by atoms with Crippen LogP contribution in [0.2, 0.25) is 0 Å². The van der Waals surface area contributed by atoms with Gasteiger partial charge >= 0.3 is 6.03 Å². The zero-order chi connectivity index (χ0) is 25.8. The molecule has 0 aromatic heterocycles. The molecule has 0 radical (unpaired) electrons. The number of urea groups is 1. The minimum atomic E-state index is -0.270. The predicted octanol–water partition coefficient (Wildman–Crippen LogP) is 3.71. The molecule has 2 aromatic rings. The molecule has 196 valence electrons. The van der Waals surface area contributed by atoms with Crippen LogP contribution in [0.4, 0.5) is 21.9 Å². The number of unbranched alkanes of at least 4 members (excludes halogenated alkanes) is 1. The zero-order valence-electron chi connectivity index (χ0n) is 21.6. The third kappa shape index (κ3) is 7.52. The third-order valence-electron chi connectivity index (χ3n) is 6.17. The predicted molar refractivity (Wildman–Crippen MR) is 145 cm³/mol. The number of carbonyl (C=O) groups excluding carboxylic acids is 2. The van der Waals surface area contributed by atoms with Crippen molar-refractivity contribution in [3.05, 3.63) is 48.0 Å². The highest BCUT2D eigenvalue weighted by atomic mass is 16.5. The lowest BCUT2D eigenvalue weighted by Crippen LogP contribution is -2.47. The summed E-state index contributed by atoms with van der Waals surface area (Å²) in [6.45, 7) is 6.90. The fraction of sp³-hybridized carbons (Fsp3) is 0.481. The molecule has 0 saturated carbocycles. The molecule has 0 unspecified atom stereocenters. The second-order valence-corrected chi connectivity index (χ2v) is 8.71. The quantitative estimate of drug-likeness (QED) is 0.387. The standard InChI is InChI=1S/C27H39N5O4/c1-4-5-13-29-27(34)30-21-11-12-23(22(20-21)26(33)28-14-8-19-35-2)31-15-17-32(18-16-31)24-9-6-7-10-25(24)36-3/h6-7,9-12,20H,4-5,8,13-19H2,1-3H3,(H,28,33)(H2,29,30,34). The number of para-hydroxylation sites is 2. The number of nitrogens with one attached hydrogen (secondary N) is 3. The van der Waals surface area contributed by atoms with Gasteiger partial charge in [0.1, 0.15) is 5.75 Å². The molecule has 36 heavy (non-hydrogen) atoms. The van der Waals surface area contributed by atoms with Crippen LogP contribution in [0, 0.1) is 0 Å². The lowest BCUT2D eigenvalue weighted by Gasteiger charge is -2.38. The van der Waals surface area contributed by atoms with Gasteiger partial charge in [-0.2, -0.15) is 0 Å². The average molecular weight is 498 g/mol. The number of amides is 3. The summed E-state index contributed by atoms with van der Waals surface area (Å²) < 4.78 is 10.6. The van der Waals surface area contributed by atoms with Gasteiger partial charge in [-0.1, -0.05) is 25.5 Å². The van der Waals surface area contributed by atoms with Crippen LogP contribution in [-0.4, -0.2) is 72.0 Å². The summed E-state index contributed by atoms with van der Waals surface area (Å²) in [6.07, 6.45) is 2.65. The molecular weight excluding hydrogens is 458 g/mol. The van der Waals surface area contributed by atoms with Crippen molar-refractivity contribution in [1.29, 1.82) is 0 Å². The molecule has 1 aliphatic rings. The smallest absolute Gasteiger partial charge is 0.319 e. The normalized spacial score (nSPS) is 13.3. The maximum atomic E-state index is 13.2. The summed E-state index contributed by atoms with van der Waals surface area (Å²) in [4.78, 5) is 29.9. The number of rotatable bonds is 12. The van der Waals surface area contributed by atoms with Crippen LogP contribution in [0.15, 0.2) is 42.5 Å². The van der Waals surface area contributed by atoms with Crippen LogP contribution in [0.3, 0.4) is 0 Å². The number of piperazine rings is 1. The minimum Gasteiger partial charge on any atom is -0.495 e. The monoisotopic (exact) mass is 497 g/mol. The van der Waals surface area contributed by atoms with E-state index in [1.807, 2.05) is 30.3 Å². The molecule has 0 spiro atoms. The molecular formula is C27H39N5O4. The topological polar surface area (TPSA) is 95.2 Å². The number of ether oxygens (including phenoxy) is 2. The molecule has 2 aromatic carbocycles. The summed E-state index contributed by atoms with van der Waals surface area (Å²) >= 11 is 0. The van der Waals surface area contributed by atoms with E-state index >= 15 is 0 Å². The lowest BCUT2D eigenvalue weighted by molar-refractivity contribution is 0.0949. The van der Waals surface area contributed by atoms with Gasteiger partial charge < -0.3 is 35.2 Å². The van der Waals surface area contributed by atoms with Crippen LogP contribution in [0.1, 0.15) is 36.5 Å². The Hall–Kier alpha value is -3.46. The van der Waals surface area contributed by atoms with E-state index < -0.39 is 0 Å². The van der Waals surface area contributed by atoms with Crippen molar-refractivity contribution in [2.75, 3.05) is 75.2 Å². The first-order chi connectivity index (χ1) is 17.6. The first-order valence-electron chi connectivity index (χ1n) is 12.7. The van der Waals surface area contributed by atoms with Crippen molar-refractivity contribution in [3.63, 3.8) is 0 Å². The molecule has 3 amide bonds. The van der Waals surface area contributed by atoms with Gasteiger partial charge in [0.15, 0.2) is 0 Å². The molecule has 1 fully saturated rings. The van der Waals surface area contributed by atoms with E-state index in [0.29, 0.717) is 30.9 Å². The third-order valence-corrected chi connectivity index (χ3v) is 6.17. The molecule has 3 N–H and O–H groups in total. The Balaban J connectivity index is 1.74. The second kappa shape index (κ2) is 14.2. The molecule has 1 saturated heterocycles. The van der Waals surface area contributed by atoms with Gasteiger partial charge in [-0.3, -0.25) is 4.79 Å². The number of carbonyl (C=O) groups is 2. The van der Waals surface area contributed by atoms with Crippen molar-refractivity contribution >= 4 is 29.0 Å². The number of benzene rings is 2. The molecule has 9 nitrogen and oxygen atoms in total. The van der Waals surface area contributed by atoms with Crippen LogP contribution in [0.25, 0.3) is 0 Å². The van der Waals surface area contributed by atoms with Crippen molar-refractivity contribution in [2.45, 2.75) is 26.2 Å². The van der Waals surface area contributed by atoms with Gasteiger partial charge in [0, 0.05) is 64.4 Å². The van der Waals surface area contributed by atoms with E-state index in [2.05, 4.69) is 38.7 Å². The molecule has 0 aliphatic carbocycles. The fourth-order valence-electron chi connectivity index (χ4n) is 4.22. The largest absolute Gasteiger partial charge is 0.495 e. The Kier molecular flexibility index (Phi) is 10.7. The van der Waals surface area contributed by atoms with Crippen molar-refractivity contribution in [2.24, 2.45) is 0 Å². The number of methoxy groups -OCH3 is 2. The van der Waals surface area contributed by atoms with E-state index in [1.165, 1.54) is 0 Å². The van der Waals surface area contributed by atoms with Crippen molar-refractivity contribution in [1.82, 2.24) is 10.6 Å². The molecule has 0 atom stereocenters. The Morgan fingerprint density at radius 2 is 1.58 bits per heavy atom. The minimum absolute atomic E-state index is 0.164. The number of hydrogen-bond donors (Lipinski definition) is 3. The van der Waals surface area contributed by atoms with Gasteiger partial charge in [0.05, 0.1) is 18.4 Å². The molecule has 1 aliphatic heterocycles. The van der Waals surface area contributed by atoms with Gasteiger partial charge in [-0.05, 0) is 43.2 Å². The zero-order valence-corrected chi connectivity index (χ0v) is 21.6. The highest BCUT2D eigenvalue weighted by Crippen LogP contribution is 2.31. The summed E-state index contributed by atoms with van der Waals surface area (Å²) in [5, 5.41) is 8.68. The summed E-state index contributed by atoms with van der Waals surface area (Å²) in [7, 11) is 3.33. The second-order valence-electron chi connectivity index (χ2n) is 8.71. The van der Waals surface area contributed by atoms with E-state index in [0.717, 1.165) is 62.6 Å². The number of anilines is 3. The Labute approximate surface area is 214 Å². The van der Waals surface area contributed by atoms with Gasteiger partial charge in [-0.15, -0.1) is 0 Å². The molecule has 0 bridgehead atoms. The van der Waals surface area contributed by atoms with Gasteiger partial charge in [-0.25, -0.2) is 4.79 Å².